The molecule has 5 nitrogen and oxygen atoms in total. The predicted octanol–water partition coefficient (Wildman–Crippen LogP) is 3.26. The third-order valence-electron chi connectivity index (χ3n) is 5.64. The van der Waals surface area contributed by atoms with Gasteiger partial charge in [-0.3, -0.25) is 9.69 Å². The smallest absolute Gasteiger partial charge is 0.225 e. The molecule has 144 valence electrons. The van der Waals surface area contributed by atoms with Gasteiger partial charge in [-0.2, -0.15) is 0 Å². The van der Waals surface area contributed by atoms with Crippen LogP contribution in [0.5, 0.6) is 11.5 Å². The molecule has 0 bridgehead atoms. The fraction of sp³-hybridized carbons (Fsp3) is 0.667. The Labute approximate surface area is 156 Å². The zero-order chi connectivity index (χ0) is 18.5. The number of hydrogen-bond donors (Lipinski definition) is 1. The van der Waals surface area contributed by atoms with Crippen LogP contribution in [0.4, 0.5) is 0 Å². The Morgan fingerprint density at radius 2 is 2.00 bits per heavy atom. The van der Waals surface area contributed by atoms with Crippen molar-refractivity contribution in [3.05, 3.63) is 23.8 Å². The molecule has 1 atom stereocenters. The first kappa shape index (κ1) is 19.0. The third-order valence-corrected chi connectivity index (χ3v) is 5.64. The van der Waals surface area contributed by atoms with E-state index in [1.54, 1.807) is 6.07 Å². The second-order valence-corrected chi connectivity index (χ2v) is 7.82. The number of amides is 1. The Bertz CT molecular complexity index is 611. The van der Waals surface area contributed by atoms with E-state index in [1.807, 2.05) is 19.1 Å². The quantitative estimate of drug-likeness (QED) is 0.876. The largest absolute Gasteiger partial charge is 0.504 e. The maximum atomic E-state index is 12.8. The van der Waals surface area contributed by atoms with Crippen molar-refractivity contribution in [1.29, 1.82) is 0 Å². The van der Waals surface area contributed by atoms with Crippen LogP contribution in [-0.2, 0) is 11.3 Å². The molecular formula is C21H32N2O3. The van der Waals surface area contributed by atoms with Gasteiger partial charge in [0.1, 0.15) is 0 Å². The van der Waals surface area contributed by atoms with Gasteiger partial charge in [-0.15, -0.1) is 0 Å². The highest BCUT2D eigenvalue weighted by atomic mass is 16.5. The molecule has 0 radical (unpaired) electrons. The summed E-state index contributed by atoms with van der Waals surface area (Å²) in [5.41, 5.74) is 1.14. The molecule has 1 amide bonds. The standard InChI is InChI=1S/C21H32N2O3/c1-3-26-20-13-17(6-7-19(20)24)15-22-11-8-18(9-12-22)21(25)23-10-4-5-16(2)14-23/h6-7,13,16,18,24H,3-5,8-12,14-15H2,1-2H3/t16-/m0/s1. The molecule has 0 aromatic heterocycles. The van der Waals surface area contributed by atoms with E-state index < -0.39 is 0 Å². The number of carbonyl (C=O) groups is 1. The number of rotatable bonds is 5. The van der Waals surface area contributed by atoms with Crippen LogP contribution in [0.15, 0.2) is 18.2 Å². The van der Waals surface area contributed by atoms with Gasteiger partial charge < -0.3 is 14.7 Å². The van der Waals surface area contributed by atoms with Crippen LogP contribution in [0.3, 0.4) is 0 Å². The van der Waals surface area contributed by atoms with Crippen molar-refractivity contribution in [3.63, 3.8) is 0 Å². The van der Waals surface area contributed by atoms with Crippen LogP contribution in [0, 0.1) is 11.8 Å². The lowest BCUT2D eigenvalue weighted by molar-refractivity contribution is -0.138. The molecule has 1 aromatic rings. The molecule has 0 saturated carbocycles. The van der Waals surface area contributed by atoms with Crippen LogP contribution >= 0.6 is 0 Å². The fourth-order valence-corrected chi connectivity index (χ4v) is 4.17. The topological polar surface area (TPSA) is 53.0 Å². The highest BCUT2D eigenvalue weighted by Gasteiger charge is 2.30. The summed E-state index contributed by atoms with van der Waals surface area (Å²) in [6, 6.07) is 5.57. The number of likely N-dealkylation sites (tertiary alicyclic amines) is 2. The third kappa shape index (κ3) is 4.70. The lowest BCUT2D eigenvalue weighted by atomic mass is 9.92. The Kier molecular flexibility index (Phi) is 6.41. The minimum absolute atomic E-state index is 0.190. The lowest BCUT2D eigenvalue weighted by Crippen LogP contribution is -2.45. The molecule has 2 aliphatic rings. The first-order valence-corrected chi connectivity index (χ1v) is 10.0. The average molecular weight is 360 g/mol. The zero-order valence-corrected chi connectivity index (χ0v) is 16.1. The highest BCUT2D eigenvalue weighted by Crippen LogP contribution is 2.29. The van der Waals surface area contributed by atoms with E-state index in [4.69, 9.17) is 4.74 Å². The number of carbonyl (C=O) groups excluding carboxylic acids is 1. The second kappa shape index (κ2) is 8.76. The molecule has 26 heavy (non-hydrogen) atoms. The number of hydrogen-bond acceptors (Lipinski definition) is 4. The number of phenolic OH excluding ortho intramolecular Hbond substituents is 1. The summed E-state index contributed by atoms with van der Waals surface area (Å²) >= 11 is 0. The summed E-state index contributed by atoms with van der Waals surface area (Å²) in [7, 11) is 0. The van der Waals surface area contributed by atoms with Crippen molar-refractivity contribution in [3.8, 4) is 11.5 Å². The van der Waals surface area contributed by atoms with Crippen molar-refractivity contribution in [2.75, 3.05) is 32.8 Å². The molecule has 2 aliphatic heterocycles. The van der Waals surface area contributed by atoms with Gasteiger partial charge in [-0.25, -0.2) is 0 Å². The van der Waals surface area contributed by atoms with Crippen LogP contribution < -0.4 is 4.74 Å². The molecule has 2 fully saturated rings. The molecular weight excluding hydrogens is 328 g/mol. The van der Waals surface area contributed by atoms with Crippen molar-refractivity contribution >= 4 is 5.91 Å². The normalized spacial score (nSPS) is 22.4. The minimum atomic E-state index is 0.190. The molecule has 2 heterocycles. The van der Waals surface area contributed by atoms with Crippen LogP contribution in [0.1, 0.15) is 45.1 Å². The van der Waals surface area contributed by atoms with Crippen LogP contribution in [0.2, 0.25) is 0 Å². The monoisotopic (exact) mass is 360 g/mol. The summed E-state index contributed by atoms with van der Waals surface area (Å²) in [5.74, 6) is 1.95. The van der Waals surface area contributed by atoms with Gasteiger partial charge in [0.05, 0.1) is 6.61 Å². The predicted molar refractivity (Wildman–Crippen MR) is 102 cm³/mol. The Morgan fingerprint density at radius 3 is 2.69 bits per heavy atom. The summed E-state index contributed by atoms with van der Waals surface area (Å²) in [6.07, 6.45) is 4.29. The number of piperidine rings is 2. The fourth-order valence-electron chi connectivity index (χ4n) is 4.17. The maximum absolute atomic E-state index is 12.8. The summed E-state index contributed by atoms with van der Waals surface area (Å²) < 4.78 is 5.47. The lowest BCUT2D eigenvalue weighted by Gasteiger charge is -2.37. The second-order valence-electron chi connectivity index (χ2n) is 7.82. The van der Waals surface area contributed by atoms with Gasteiger partial charge >= 0.3 is 0 Å². The van der Waals surface area contributed by atoms with E-state index in [1.165, 1.54) is 6.42 Å². The number of nitrogens with zero attached hydrogens (tertiary/aromatic N) is 2. The van der Waals surface area contributed by atoms with Gasteiger partial charge in [-0.05, 0) is 69.3 Å². The molecule has 0 aliphatic carbocycles. The minimum Gasteiger partial charge on any atom is -0.504 e. The van der Waals surface area contributed by atoms with Gasteiger partial charge in [0.25, 0.3) is 0 Å². The first-order chi connectivity index (χ1) is 12.6. The first-order valence-electron chi connectivity index (χ1n) is 10.0. The Morgan fingerprint density at radius 1 is 1.23 bits per heavy atom. The molecule has 2 saturated heterocycles. The highest BCUT2D eigenvalue weighted by molar-refractivity contribution is 5.79. The van der Waals surface area contributed by atoms with E-state index in [0.29, 0.717) is 24.2 Å². The van der Waals surface area contributed by atoms with Crippen molar-refractivity contribution in [1.82, 2.24) is 9.80 Å². The molecule has 1 N–H and O–H groups in total. The summed E-state index contributed by atoms with van der Waals surface area (Å²) in [4.78, 5) is 17.3. The molecule has 1 aromatic carbocycles. The van der Waals surface area contributed by atoms with Crippen LogP contribution in [-0.4, -0.2) is 53.6 Å². The van der Waals surface area contributed by atoms with Gasteiger partial charge in [0.2, 0.25) is 5.91 Å². The molecule has 0 unspecified atom stereocenters. The Hall–Kier alpha value is -1.75. The molecule has 5 heteroatoms. The summed E-state index contributed by atoms with van der Waals surface area (Å²) in [5, 5.41) is 9.83. The molecule has 3 rings (SSSR count). The number of benzene rings is 1. The van der Waals surface area contributed by atoms with Crippen LogP contribution in [0.25, 0.3) is 0 Å². The summed E-state index contributed by atoms with van der Waals surface area (Å²) in [6.45, 7) is 9.31. The van der Waals surface area contributed by atoms with Gasteiger partial charge in [0, 0.05) is 25.6 Å². The SMILES string of the molecule is CCOc1cc(CN2CCC(C(=O)N3CCC[C@H](C)C3)CC2)ccc1O. The van der Waals surface area contributed by atoms with Crippen molar-refractivity contribution in [2.24, 2.45) is 11.8 Å². The van der Waals surface area contributed by atoms with Gasteiger partial charge in [-0.1, -0.05) is 13.0 Å². The van der Waals surface area contributed by atoms with E-state index in [9.17, 15) is 9.90 Å². The van der Waals surface area contributed by atoms with E-state index in [-0.39, 0.29) is 11.7 Å². The number of ether oxygens (including phenoxy) is 1. The van der Waals surface area contributed by atoms with Crippen molar-refractivity contribution in [2.45, 2.75) is 46.1 Å². The van der Waals surface area contributed by atoms with E-state index >= 15 is 0 Å². The van der Waals surface area contributed by atoms with E-state index in [0.717, 1.165) is 57.5 Å². The number of aromatic hydroxyl groups is 1. The maximum Gasteiger partial charge on any atom is 0.225 e. The average Bonchev–Trinajstić information content (AvgIpc) is 2.65. The van der Waals surface area contributed by atoms with Crippen molar-refractivity contribution < 1.29 is 14.6 Å². The van der Waals surface area contributed by atoms with E-state index in [2.05, 4.69) is 16.7 Å². The zero-order valence-electron chi connectivity index (χ0n) is 16.1. The van der Waals surface area contributed by atoms with Gasteiger partial charge in [0.15, 0.2) is 11.5 Å². The Balaban J connectivity index is 1.51. The number of phenols is 1. The molecule has 0 spiro atoms.